The highest BCUT2D eigenvalue weighted by atomic mass is 16.5. The summed E-state index contributed by atoms with van der Waals surface area (Å²) in [6.45, 7) is 3.72. The summed E-state index contributed by atoms with van der Waals surface area (Å²) in [5, 5.41) is 7.07. The smallest absolute Gasteiger partial charge is 0.255 e. The number of aryl methyl sites for hydroxylation is 1. The first-order valence-corrected chi connectivity index (χ1v) is 9.16. The van der Waals surface area contributed by atoms with E-state index in [0.717, 1.165) is 42.9 Å². The number of pyridine rings is 1. The predicted molar refractivity (Wildman–Crippen MR) is 102 cm³/mol. The maximum absolute atomic E-state index is 12.5. The second-order valence-corrected chi connectivity index (χ2v) is 6.89. The molecule has 27 heavy (non-hydrogen) atoms. The van der Waals surface area contributed by atoms with Crippen molar-refractivity contribution in [2.24, 2.45) is 0 Å². The van der Waals surface area contributed by atoms with Gasteiger partial charge in [0.05, 0.1) is 17.9 Å². The van der Waals surface area contributed by atoms with E-state index in [1.165, 1.54) is 0 Å². The highest BCUT2D eigenvalue weighted by Gasteiger charge is 2.28. The van der Waals surface area contributed by atoms with Gasteiger partial charge in [0.25, 0.3) is 5.91 Å². The molecular formula is C21H22N4O2. The van der Waals surface area contributed by atoms with Gasteiger partial charge in [-0.3, -0.25) is 14.7 Å². The molecule has 6 nitrogen and oxygen atoms in total. The van der Waals surface area contributed by atoms with Crippen molar-refractivity contribution < 1.29 is 9.32 Å². The van der Waals surface area contributed by atoms with E-state index in [1.54, 1.807) is 18.5 Å². The van der Waals surface area contributed by atoms with Crippen molar-refractivity contribution in [3.63, 3.8) is 0 Å². The number of nitrogens with one attached hydrogen (secondary N) is 1. The Bertz CT molecular complexity index is 923. The molecule has 3 aromatic rings. The van der Waals surface area contributed by atoms with Gasteiger partial charge in [0.15, 0.2) is 0 Å². The molecule has 0 bridgehead atoms. The normalized spacial score (nSPS) is 17.1. The number of likely N-dealkylation sites (tertiary alicyclic amines) is 1. The number of carbonyl (C=O) groups excluding carboxylic acids is 1. The molecule has 6 heteroatoms. The second kappa shape index (κ2) is 7.72. The van der Waals surface area contributed by atoms with Gasteiger partial charge < -0.3 is 9.84 Å². The first kappa shape index (κ1) is 17.4. The van der Waals surface area contributed by atoms with Gasteiger partial charge in [-0.1, -0.05) is 17.3 Å². The van der Waals surface area contributed by atoms with E-state index in [9.17, 15) is 4.79 Å². The van der Waals surface area contributed by atoms with Crippen molar-refractivity contribution >= 4 is 11.6 Å². The van der Waals surface area contributed by atoms with Gasteiger partial charge in [0.2, 0.25) is 0 Å². The first-order chi connectivity index (χ1) is 13.2. The monoisotopic (exact) mass is 362 g/mol. The van der Waals surface area contributed by atoms with Gasteiger partial charge in [-0.2, -0.15) is 0 Å². The Labute approximate surface area is 158 Å². The molecule has 138 valence electrons. The molecule has 4 rings (SSSR count). The maximum atomic E-state index is 12.5. The number of aromatic nitrogens is 2. The van der Waals surface area contributed by atoms with Gasteiger partial charge in [-0.25, -0.2) is 0 Å². The third kappa shape index (κ3) is 4.06. The second-order valence-electron chi connectivity index (χ2n) is 6.89. The van der Waals surface area contributed by atoms with Crippen LogP contribution in [0.1, 0.15) is 46.3 Å². The summed E-state index contributed by atoms with van der Waals surface area (Å²) < 4.78 is 5.25. The number of rotatable bonds is 5. The highest BCUT2D eigenvalue weighted by Crippen LogP contribution is 2.32. The lowest BCUT2D eigenvalue weighted by Gasteiger charge is -2.22. The zero-order valence-electron chi connectivity index (χ0n) is 15.3. The zero-order chi connectivity index (χ0) is 18.6. The molecular weight excluding hydrogens is 340 g/mol. The van der Waals surface area contributed by atoms with Crippen LogP contribution in [0, 0.1) is 6.92 Å². The summed E-state index contributed by atoms with van der Waals surface area (Å²) in [4.78, 5) is 18.9. The third-order valence-electron chi connectivity index (χ3n) is 4.85. The van der Waals surface area contributed by atoms with Gasteiger partial charge in [-0.05, 0) is 56.1 Å². The van der Waals surface area contributed by atoms with Crippen LogP contribution in [0.15, 0.2) is 59.4 Å². The van der Waals surface area contributed by atoms with E-state index < -0.39 is 0 Å². The number of hydrogen-bond acceptors (Lipinski definition) is 5. The largest absolute Gasteiger partial charge is 0.361 e. The minimum atomic E-state index is -0.130. The van der Waals surface area contributed by atoms with Crippen LogP contribution >= 0.6 is 0 Å². The van der Waals surface area contributed by atoms with Crippen molar-refractivity contribution in [3.05, 3.63) is 77.4 Å². The van der Waals surface area contributed by atoms with Crippen LogP contribution in [0.5, 0.6) is 0 Å². The van der Waals surface area contributed by atoms with Crippen molar-refractivity contribution in [2.45, 2.75) is 32.4 Å². The summed E-state index contributed by atoms with van der Waals surface area (Å²) in [7, 11) is 0. The van der Waals surface area contributed by atoms with Gasteiger partial charge in [-0.15, -0.1) is 0 Å². The predicted octanol–water partition coefficient (Wildman–Crippen LogP) is 3.97. The molecule has 0 spiro atoms. The average molecular weight is 362 g/mol. The lowest BCUT2D eigenvalue weighted by Crippen LogP contribution is -2.23. The highest BCUT2D eigenvalue weighted by molar-refractivity contribution is 6.04. The van der Waals surface area contributed by atoms with Crippen molar-refractivity contribution in [3.8, 4) is 0 Å². The quantitative estimate of drug-likeness (QED) is 0.744. The molecule has 0 unspecified atom stereocenters. The topological polar surface area (TPSA) is 71.3 Å². The first-order valence-electron chi connectivity index (χ1n) is 9.16. The fourth-order valence-electron chi connectivity index (χ4n) is 3.58. The maximum Gasteiger partial charge on any atom is 0.255 e. The number of benzene rings is 1. The van der Waals surface area contributed by atoms with E-state index in [2.05, 4.69) is 26.4 Å². The standard InChI is InChI=1S/C21H22N4O2/c1-15-11-19(24-27-15)20-8-4-10-25(20)14-16-5-2-6-17(12-16)21(26)23-18-7-3-9-22-13-18/h2-3,5-7,9,11-13,20H,4,8,10,14H2,1H3,(H,23,26)/t20-/m0/s1. The van der Waals surface area contributed by atoms with Gasteiger partial charge in [0.1, 0.15) is 11.5 Å². The third-order valence-corrected chi connectivity index (χ3v) is 4.85. The van der Waals surface area contributed by atoms with E-state index in [0.29, 0.717) is 11.3 Å². The molecule has 0 radical (unpaired) electrons. The number of amides is 1. The summed E-state index contributed by atoms with van der Waals surface area (Å²) in [5.41, 5.74) is 3.44. The Morgan fingerprint density at radius 3 is 3.00 bits per heavy atom. The molecule has 1 aromatic carbocycles. The fraction of sp³-hybridized carbons (Fsp3) is 0.286. The minimum Gasteiger partial charge on any atom is -0.361 e. The van der Waals surface area contributed by atoms with Crippen LogP contribution in [0.4, 0.5) is 5.69 Å². The molecule has 3 heterocycles. The van der Waals surface area contributed by atoms with E-state index in [4.69, 9.17) is 4.52 Å². The van der Waals surface area contributed by atoms with Gasteiger partial charge >= 0.3 is 0 Å². The van der Waals surface area contributed by atoms with Crippen LogP contribution in [-0.4, -0.2) is 27.5 Å². The Balaban J connectivity index is 1.46. The Hall–Kier alpha value is -2.99. The number of hydrogen-bond donors (Lipinski definition) is 1. The molecule has 2 aromatic heterocycles. The SMILES string of the molecule is Cc1cc([C@@H]2CCCN2Cc2cccc(C(=O)Nc3cccnc3)c2)no1. The number of carbonyl (C=O) groups is 1. The Kier molecular flexibility index (Phi) is 4.98. The van der Waals surface area contributed by atoms with Crippen LogP contribution in [-0.2, 0) is 6.54 Å². The fourth-order valence-corrected chi connectivity index (χ4v) is 3.58. The molecule has 1 amide bonds. The summed E-state index contributed by atoms with van der Waals surface area (Å²) in [5.74, 6) is 0.709. The van der Waals surface area contributed by atoms with E-state index in [1.807, 2.05) is 37.3 Å². The molecule has 0 aliphatic carbocycles. The summed E-state index contributed by atoms with van der Waals surface area (Å²) >= 11 is 0. The molecule has 1 aliphatic rings. The van der Waals surface area contributed by atoms with Crippen molar-refractivity contribution in [1.82, 2.24) is 15.0 Å². The van der Waals surface area contributed by atoms with E-state index in [-0.39, 0.29) is 11.9 Å². The lowest BCUT2D eigenvalue weighted by molar-refractivity contribution is 0.102. The summed E-state index contributed by atoms with van der Waals surface area (Å²) in [6.07, 6.45) is 5.53. The van der Waals surface area contributed by atoms with Crippen molar-refractivity contribution in [1.29, 1.82) is 0 Å². The zero-order valence-corrected chi connectivity index (χ0v) is 15.3. The Morgan fingerprint density at radius 2 is 2.22 bits per heavy atom. The average Bonchev–Trinajstić information content (AvgIpc) is 3.31. The Morgan fingerprint density at radius 1 is 1.30 bits per heavy atom. The van der Waals surface area contributed by atoms with Crippen LogP contribution < -0.4 is 5.32 Å². The van der Waals surface area contributed by atoms with E-state index >= 15 is 0 Å². The van der Waals surface area contributed by atoms with Crippen LogP contribution in [0.3, 0.4) is 0 Å². The molecule has 1 aliphatic heterocycles. The summed E-state index contributed by atoms with van der Waals surface area (Å²) in [6, 6.07) is 13.7. The van der Waals surface area contributed by atoms with Gasteiger partial charge in [0, 0.05) is 24.4 Å². The van der Waals surface area contributed by atoms with Crippen LogP contribution in [0.2, 0.25) is 0 Å². The number of anilines is 1. The molecule has 0 saturated carbocycles. The van der Waals surface area contributed by atoms with Crippen molar-refractivity contribution in [2.75, 3.05) is 11.9 Å². The van der Waals surface area contributed by atoms with Crippen LogP contribution in [0.25, 0.3) is 0 Å². The molecule has 1 atom stereocenters. The molecule has 1 saturated heterocycles. The number of nitrogens with zero attached hydrogens (tertiary/aromatic N) is 3. The molecule has 1 N–H and O–H groups in total. The molecule has 1 fully saturated rings. The lowest BCUT2D eigenvalue weighted by atomic mass is 10.1. The minimum absolute atomic E-state index is 0.130.